The Morgan fingerprint density at radius 2 is 1.86 bits per heavy atom. The van der Waals surface area contributed by atoms with Crippen LogP contribution in [-0.2, 0) is 4.79 Å². The van der Waals surface area contributed by atoms with Gasteiger partial charge in [0, 0.05) is 49.5 Å². The Morgan fingerprint density at radius 1 is 1.14 bits per heavy atom. The lowest BCUT2D eigenvalue weighted by molar-refractivity contribution is -0.116. The van der Waals surface area contributed by atoms with Gasteiger partial charge in [-0.05, 0) is 55.8 Å². The summed E-state index contributed by atoms with van der Waals surface area (Å²) in [5.41, 5.74) is 7.61. The van der Waals surface area contributed by atoms with Crippen molar-refractivity contribution in [3.63, 3.8) is 0 Å². The second kappa shape index (κ2) is 9.37. The summed E-state index contributed by atoms with van der Waals surface area (Å²) in [4.78, 5) is 27.9. The Bertz CT molecular complexity index is 792. The molecule has 2 amide bonds. The second-order valence-electron chi connectivity index (χ2n) is 7.44. The molecule has 2 aromatic rings. The number of carbonyl (C=O) groups is 2. The number of benzene rings is 2. The number of nitrogens with one attached hydrogen (secondary N) is 1. The molecule has 6 nitrogen and oxygen atoms in total. The van der Waals surface area contributed by atoms with Crippen molar-refractivity contribution in [3.05, 3.63) is 60.2 Å². The zero-order valence-electron chi connectivity index (χ0n) is 16.3. The Balaban J connectivity index is 1.39. The van der Waals surface area contributed by atoms with E-state index in [1.807, 2.05) is 6.07 Å². The topological polar surface area (TPSA) is 78.7 Å². The summed E-state index contributed by atoms with van der Waals surface area (Å²) in [6, 6.07) is 17.1. The van der Waals surface area contributed by atoms with Crippen molar-refractivity contribution in [1.29, 1.82) is 0 Å². The molecule has 148 valence electrons. The molecule has 0 radical (unpaired) electrons. The fraction of sp³-hybridized carbons (Fsp3) is 0.364. The molecular formula is C22H28N4O2. The monoisotopic (exact) mass is 380 g/mol. The standard InChI is InChI=1S/C22H28N4O2/c1-25(15-17-11-14-26(16-17)20-5-3-2-4-6-20)13-12-21(27)24-19-9-7-18(8-10-19)22(23)28/h2-10,17H,11-16H2,1H3,(H2,23,28)(H,24,27)/t17-/m1/s1. The van der Waals surface area contributed by atoms with Crippen molar-refractivity contribution in [3.8, 4) is 0 Å². The SMILES string of the molecule is CN(CCC(=O)Nc1ccc(C(N)=O)cc1)C[C@H]1CCN(c2ccccc2)C1. The summed E-state index contributed by atoms with van der Waals surface area (Å²) in [6.45, 7) is 3.86. The van der Waals surface area contributed by atoms with Crippen LogP contribution in [0.15, 0.2) is 54.6 Å². The zero-order chi connectivity index (χ0) is 19.9. The highest BCUT2D eigenvalue weighted by Crippen LogP contribution is 2.23. The van der Waals surface area contributed by atoms with Crippen LogP contribution in [0, 0.1) is 5.92 Å². The molecule has 1 saturated heterocycles. The van der Waals surface area contributed by atoms with Crippen LogP contribution >= 0.6 is 0 Å². The first-order valence-electron chi connectivity index (χ1n) is 9.69. The quantitative estimate of drug-likeness (QED) is 0.738. The summed E-state index contributed by atoms with van der Waals surface area (Å²) in [5, 5.41) is 2.86. The van der Waals surface area contributed by atoms with Crippen molar-refractivity contribution in [2.45, 2.75) is 12.8 Å². The van der Waals surface area contributed by atoms with Crippen molar-refractivity contribution in [1.82, 2.24) is 4.90 Å². The molecule has 0 saturated carbocycles. The normalized spacial score (nSPS) is 16.4. The van der Waals surface area contributed by atoms with E-state index in [1.54, 1.807) is 24.3 Å². The van der Waals surface area contributed by atoms with E-state index in [0.29, 0.717) is 30.1 Å². The van der Waals surface area contributed by atoms with E-state index >= 15 is 0 Å². The molecule has 3 rings (SSSR count). The number of nitrogens with zero attached hydrogens (tertiary/aromatic N) is 2. The molecule has 0 aliphatic carbocycles. The third kappa shape index (κ3) is 5.57. The van der Waals surface area contributed by atoms with Gasteiger partial charge < -0.3 is 20.9 Å². The molecule has 6 heteroatoms. The maximum absolute atomic E-state index is 12.2. The van der Waals surface area contributed by atoms with Gasteiger partial charge in [-0.25, -0.2) is 0 Å². The first kappa shape index (κ1) is 19.9. The Labute approximate surface area is 166 Å². The van der Waals surface area contributed by atoms with Crippen molar-refractivity contribution in [2.24, 2.45) is 11.7 Å². The third-order valence-corrected chi connectivity index (χ3v) is 5.15. The molecule has 1 aliphatic rings. The van der Waals surface area contributed by atoms with Crippen molar-refractivity contribution < 1.29 is 9.59 Å². The fourth-order valence-corrected chi connectivity index (χ4v) is 3.62. The highest BCUT2D eigenvalue weighted by Gasteiger charge is 2.23. The number of amides is 2. The minimum absolute atomic E-state index is 0.0315. The van der Waals surface area contributed by atoms with Crippen LogP contribution in [0.2, 0.25) is 0 Å². The lowest BCUT2D eigenvalue weighted by atomic mass is 10.1. The van der Waals surface area contributed by atoms with Crippen molar-refractivity contribution in [2.75, 3.05) is 43.4 Å². The second-order valence-corrected chi connectivity index (χ2v) is 7.44. The van der Waals surface area contributed by atoms with Crippen LogP contribution in [0.4, 0.5) is 11.4 Å². The molecule has 0 unspecified atom stereocenters. The van der Waals surface area contributed by atoms with Crippen LogP contribution < -0.4 is 16.0 Å². The molecule has 0 bridgehead atoms. The first-order valence-corrected chi connectivity index (χ1v) is 9.69. The van der Waals surface area contributed by atoms with Crippen LogP contribution in [0.25, 0.3) is 0 Å². The summed E-state index contributed by atoms with van der Waals surface area (Å²) in [5.74, 6) is 0.114. The predicted octanol–water partition coefficient (Wildman–Crippen LogP) is 2.57. The molecular weight excluding hydrogens is 352 g/mol. The average molecular weight is 380 g/mol. The molecule has 1 atom stereocenters. The Kier molecular flexibility index (Phi) is 6.66. The predicted molar refractivity (Wildman–Crippen MR) is 112 cm³/mol. The molecule has 2 aromatic carbocycles. The van der Waals surface area contributed by atoms with Gasteiger partial charge in [0.2, 0.25) is 11.8 Å². The van der Waals surface area contributed by atoms with Gasteiger partial charge in [-0.1, -0.05) is 18.2 Å². The van der Waals surface area contributed by atoms with E-state index in [0.717, 1.165) is 19.6 Å². The van der Waals surface area contributed by atoms with E-state index in [1.165, 1.54) is 12.1 Å². The summed E-state index contributed by atoms with van der Waals surface area (Å²) < 4.78 is 0. The fourth-order valence-electron chi connectivity index (χ4n) is 3.62. The summed E-state index contributed by atoms with van der Waals surface area (Å²) >= 11 is 0. The summed E-state index contributed by atoms with van der Waals surface area (Å²) in [7, 11) is 2.07. The Hall–Kier alpha value is -2.86. The van der Waals surface area contributed by atoms with Gasteiger partial charge in [0.1, 0.15) is 0 Å². The third-order valence-electron chi connectivity index (χ3n) is 5.15. The minimum atomic E-state index is -0.475. The number of hydrogen-bond donors (Lipinski definition) is 2. The molecule has 0 spiro atoms. The van der Waals surface area contributed by atoms with E-state index in [-0.39, 0.29) is 5.91 Å². The van der Waals surface area contributed by atoms with Gasteiger partial charge in [0.05, 0.1) is 0 Å². The van der Waals surface area contributed by atoms with Gasteiger partial charge >= 0.3 is 0 Å². The minimum Gasteiger partial charge on any atom is -0.371 e. The van der Waals surface area contributed by atoms with Gasteiger partial charge in [0.15, 0.2) is 0 Å². The van der Waals surface area contributed by atoms with E-state index in [4.69, 9.17) is 5.73 Å². The van der Waals surface area contributed by atoms with Gasteiger partial charge in [-0.15, -0.1) is 0 Å². The van der Waals surface area contributed by atoms with Crippen LogP contribution in [-0.4, -0.2) is 49.9 Å². The van der Waals surface area contributed by atoms with E-state index < -0.39 is 5.91 Å². The number of hydrogen-bond acceptors (Lipinski definition) is 4. The number of rotatable bonds is 8. The van der Waals surface area contributed by atoms with Gasteiger partial charge in [0.25, 0.3) is 0 Å². The van der Waals surface area contributed by atoms with E-state index in [9.17, 15) is 9.59 Å². The number of anilines is 2. The molecule has 1 fully saturated rings. The highest BCUT2D eigenvalue weighted by molar-refractivity contribution is 5.94. The van der Waals surface area contributed by atoms with E-state index in [2.05, 4.69) is 46.4 Å². The Morgan fingerprint density at radius 3 is 2.54 bits per heavy atom. The maximum atomic E-state index is 12.2. The number of primary amides is 1. The summed E-state index contributed by atoms with van der Waals surface area (Å²) in [6.07, 6.45) is 1.61. The molecule has 1 aliphatic heterocycles. The lowest BCUT2D eigenvalue weighted by Crippen LogP contribution is -2.30. The molecule has 3 N–H and O–H groups in total. The number of carbonyl (C=O) groups excluding carboxylic acids is 2. The average Bonchev–Trinajstić information content (AvgIpc) is 3.16. The molecule has 1 heterocycles. The van der Waals surface area contributed by atoms with Crippen LogP contribution in [0.3, 0.4) is 0 Å². The smallest absolute Gasteiger partial charge is 0.248 e. The number of para-hydroxylation sites is 1. The largest absolute Gasteiger partial charge is 0.371 e. The molecule has 0 aromatic heterocycles. The van der Waals surface area contributed by atoms with Gasteiger partial charge in [-0.3, -0.25) is 9.59 Å². The van der Waals surface area contributed by atoms with Gasteiger partial charge in [-0.2, -0.15) is 0 Å². The van der Waals surface area contributed by atoms with Crippen LogP contribution in [0.1, 0.15) is 23.2 Å². The molecule has 28 heavy (non-hydrogen) atoms. The lowest BCUT2D eigenvalue weighted by Gasteiger charge is -2.22. The maximum Gasteiger partial charge on any atom is 0.248 e. The van der Waals surface area contributed by atoms with Crippen LogP contribution in [0.5, 0.6) is 0 Å². The van der Waals surface area contributed by atoms with Crippen molar-refractivity contribution >= 4 is 23.2 Å². The number of nitrogens with two attached hydrogens (primary N) is 1. The highest BCUT2D eigenvalue weighted by atomic mass is 16.2. The first-order chi connectivity index (χ1) is 13.5. The zero-order valence-corrected chi connectivity index (χ0v) is 16.3.